The van der Waals surface area contributed by atoms with E-state index in [0.29, 0.717) is 6.54 Å². The van der Waals surface area contributed by atoms with Crippen LogP contribution in [0.5, 0.6) is 0 Å². The lowest BCUT2D eigenvalue weighted by Gasteiger charge is -2.27. The molecule has 100 valence electrons. The zero-order chi connectivity index (χ0) is 13.9. The van der Waals surface area contributed by atoms with Crippen molar-refractivity contribution in [2.24, 2.45) is 0 Å². The zero-order valence-corrected chi connectivity index (χ0v) is 11.2. The molecule has 0 radical (unpaired) electrons. The Morgan fingerprint density at radius 1 is 1.37 bits per heavy atom. The number of carbonyl (C=O) groups is 1. The van der Waals surface area contributed by atoms with Gasteiger partial charge in [0, 0.05) is 17.0 Å². The second-order valence-corrected chi connectivity index (χ2v) is 5.38. The Morgan fingerprint density at radius 3 is 2.68 bits per heavy atom. The fraction of sp³-hybridized carbons (Fsp3) is 0.214. The van der Waals surface area contributed by atoms with Crippen molar-refractivity contribution in [2.45, 2.75) is 19.0 Å². The van der Waals surface area contributed by atoms with E-state index in [9.17, 15) is 14.3 Å². The highest BCUT2D eigenvalue weighted by Crippen LogP contribution is 2.25. The maximum absolute atomic E-state index is 13.8. The van der Waals surface area contributed by atoms with Gasteiger partial charge in [-0.05, 0) is 24.4 Å². The molecule has 0 amide bonds. The lowest BCUT2D eigenvalue weighted by Crippen LogP contribution is -2.46. The Balaban J connectivity index is 2.28. The lowest BCUT2D eigenvalue weighted by molar-refractivity contribution is -0.144. The number of nitrogens with one attached hydrogen (secondary N) is 1. The van der Waals surface area contributed by atoms with Gasteiger partial charge in [-0.25, -0.2) is 9.18 Å². The third kappa shape index (κ3) is 2.83. The Bertz CT molecular complexity index is 571. The quantitative estimate of drug-likeness (QED) is 0.884. The summed E-state index contributed by atoms with van der Waals surface area (Å²) in [7, 11) is 0. The van der Waals surface area contributed by atoms with E-state index >= 15 is 0 Å². The van der Waals surface area contributed by atoms with E-state index < -0.39 is 17.3 Å². The van der Waals surface area contributed by atoms with Crippen LogP contribution >= 0.6 is 11.3 Å². The summed E-state index contributed by atoms with van der Waals surface area (Å²) in [6.45, 7) is 1.86. The van der Waals surface area contributed by atoms with E-state index in [4.69, 9.17) is 0 Å². The molecule has 1 heterocycles. The van der Waals surface area contributed by atoms with E-state index in [1.54, 1.807) is 12.1 Å². The van der Waals surface area contributed by atoms with E-state index in [1.165, 1.54) is 30.4 Å². The molecule has 0 aliphatic rings. The summed E-state index contributed by atoms with van der Waals surface area (Å²) in [5, 5.41) is 14.3. The van der Waals surface area contributed by atoms with Crippen LogP contribution in [0.1, 0.15) is 17.4 Å². The summed E-state index contributed by atoms with van der Waals surface area (Å²) >= 11 is 1.53. The number of halogens is 1. The maximum atomic E-state index is 13.8. The molecule has 2 N–H and O–H groups in total. The Labute approximate surface area is 114 Å². The minimum atomic E-state index is -1.45. The number of hydrogen-bond acceptors (Lipinski definition) is 3. The van der Waals surface area contributed by atoms with Gasteiger partial charge in [0.25, 0.3) is 0 Å². The third-order valence-electron chi connectivity index (χ3n) is 3.04. The molecule has 0 bridgehead atoms. The molecule has 0 saturated carbocycles. The van der Waals surface area contributed by atoms with Gasteiger partial charge in [0.1, 0.15) is 11.4 Å². The average molecular weight is 279 g/mol. The monoisotopic (exact) mass is 279 g/mol. The molecule has 0 saturated heterocycles. The summed E-state index contributed by atoms with van der Waals surface area (Å²) < 4.78 is 13.8. The van der Waals surface area contributed by atoms with Crippen LogP contribution < -0.4 is 5.32 Å². The van der Waals surface area contributed by atoms with Crippen molar-refractivity contribution in [3.05, 3.63) is 58.0 Å². The number of hydrogen-bond donors (Lipinski definition) is 2. The van der Waals surface area contributed by atoms with Crippen LogP contribution in [0.15, 0.2) is 41.8 Å². The normalized spacial score (nSPS) is 14.0. The van der Waals surface area contributed by atoms with Gasteiger partial charge in [0.15, 0.2) is 0 Å². The van der Waals surface area contributed by atoms with Gasteiger partial charge in [0.05, 0.1) is 0 Å². The number of carboxylic acid groups (broad SMARTS) is 1. The molecule has 19 heavy (non-hydrogen) atoms. The Kier molecular flexibility index (Phi) is 3.97. The highest BCUT2D eigenvalue weighted by Gasteiger charge is 2.36. The molecule has 0 aliphatic heterocycles. The van der Waals surface area contributed by atoms with Crippen molar-refractivity contribution >= 4 is 17.3 Å². The molecule has 2 rings (SSSR count). The summed E-state index contributed by atoms with van der Waals surface area (Å²) in [4.78, 5) is 12.5. The molecule has 5 heteroatoms. The standard InChI is InChI=1S/C14H14FNO2S/c1-14(13(17)18,11-6-2-3-7-12(11)15)16-9-10-5-4-8-19-10/h2-8,16H,9H2,1H3,(H,17,18). The van der Waals surface area contributed by atoms with Gasteiger partial charge < -0.3 is 5.11 Å². The summed E-state index contributed by atoms with van der Waals surface area (Å²) in [5.74, 6) is -1.62. The minimum Gasteiger partial charge on any atom is -0.480 e. The topological polar surface area (TPSA) is 49.3 Å². The molecule has 1 aromatic carbocycles. The van der Waals surface area contributed by atoms with Crippen LogP contribution in [0.4, 0.5) is 4.39 Å². The van der Waals surface area contributed by atoms with Gasteiger partial charge in [-0.15, -0.1) is 11.3 Å². The molecule has 0 fully saturated rings. The highest BCUT2D eigenvalue weighted by molar-refractivity contribution is 7.09. The first kappa shape index (κ1) is 13.7. The van der Waals surface area contributed by atoms with E-state index in [-0.39, 0.29) is 5.56 Å². The third-order valence-corrected chi connectivity index (χ3v) is 3.91. The molecule has 3 nitrogen and oxygen atoms in total. The van der Waals surface area contributed by atoms with Gasteiger partial charge in [-0.2, -0.15) is 0 Å². The van der Waals surface area contributed by atoms with Gasteiger partial charge in [-0.1, -0.05) is 24.3 Å². The summed E-state index contributed by atoms with van der Waals surface area (Å²) in [6, 6.07) is 9.73. The highest BCUT2D eigenvalue weighted by atomic mass is 32.1. The van der Waals surface area contributed by atoms with Crippen molar-refractivity contribution in [3.8, 4) is 0 Å². The Hall–Kier alpha value is -1.72. The molecule has 0 aliphatic carbocycles. The first-order chi connectivity index (χ1) is 9.04. The number of carboxylic acids is 1. The number of benzene rings is 1. The average Bonchev–Trinajstić information content (AvgIpc) is 2.89. The van der Waals surface area contributed by atoms with Crippen LogP contribution in [0, 0.1) is 5.82 Å². The fourth-order valence-electron chi connectivity index (χ4n) is 1.83. The predicted molar refractivity (Wildman–Crippen MR) is 72.5 cm³/mol. The molecular formula is C14H14FNO2S. The molecule has 1 unspecified atom stereocenters. The number of rotatable bonds is 5. The van der Waals surface area contributed by atoms with Gasteiger partial charge in [0.2, 0.25) is 0 Å². The first-order valence-corrected chi connectivity index (χ1v) is 6.68. The second kappa shape index (κ2) is 5.50. The summed E-state index contributed by atoms with van der Waals surface area (Å²) in [5.41, 5.74) is -1.31. The van der Waals surface area contributed by atoms with Crippen LogP contribution in [0.25, 0.3) is 0 Å². The smallest absolute Gasteiger partial charge is 0.328 e. The molecule has 1 aromatic heterocycles. The lowest BCUT2D eigenvalue weighted by atomic mass is 9.91. The summed E-state index contributed by atoms with van der Waals surface area (Å²) in [6.07, 6.45) is 0. The largest absolute Gasteiger partial charge is 0.480 e. The fourth-order valence-corrected chi connectivity index (χ4v) is 2.47. The van der Waals surface area contributed by atoms with Crippen LogP contribution in [-0.2, 0) is 16.9 Å². The SMILES string of the molecule is CC(NCc1cccs1)(C(=O)O)c1ccccc1F. The van der Waals surface area contributed by atoms with E-state index in [1.807, 2.05) is 17.5 Å². The van der Waals surface area contributed by atoms with Crippen molar-refractivity contribution in [3.63, 3.8) is 0 Å². The van der Waals surface area contributed by atoms with Crippen molar-refractivity contribution < 1.29 is 14.3 Å². The van der Waals surface area contributed by atoms with Crippen molar-refractivity contribution in [2.75, 3.05) is 0 Å². The van der Waals surface area contributed by atoms with Gasteiger partial charge >= 0.3 is 5.97 Å². The van der Waals surface area contributed by atoms with E-state index in [0.717, 1.165) is 4.88 Å². The minimum absolute atomic E-state index is 0.138. The molecular weight excluding hydrogens is 265 g/mol. The molecule has 1 atom stereocenters. The first-order valence-electron chi connectivity index (χ1n) is 5.80. The van der Waals surface area contributed by atoms with Crippen molar-refractivity contribution in [1.82, 2.24) is 5.32 Å². The number of aliphatic carboxylic acids is 1. The second-order valence-electron chi connectivity index (χ2n) is 4.34. The van der Waals surface area contributed by atoms with Crippen LogP contribution in [-0.4, -0.2) is 11.1 Å². The van der Waals surface area contributed by atoms with Crippen LogP contribution in [0.2, 0.25) is 0 Å². The number of thiophene rings is 1. The predicted octanol–water partition coefficient (Wildman–Crippen LogP) is 2.98. The van der Waals surface area contributed by atoms with Gasteiger partial charge in [-0.3, -0.25) is 5.32 Å². The van der Waals surface area contributed by atoms with Crippen molar-refractivity contribution in [1.29, 1.82) is 0 Å². The molecule has 2 aromatic rings. The molecule has 0 spiro atoms. The maximum Gasteiger partial charge on any atom is 0.328 e. The zero-order valence-electron chi connectivity index (χ0n) is 10.4. The van der Waals surface area contributed by atoms with Crippen LogP contribution in [0.3, 0.4) is 0 Å². The van der Waals surface area contributed by atoms with E-state index in [2.05, 4.69) is 5.32 Å². The Morgan fingerprint density at radius 2 is 2.11 bits per heavy atom.